The molecule has 1 aromatic heterocycles. The second kappa shape index (κ2) is 7.42. The summed E-state index contributed by atoms with van der Waals surface area (Å²) in [7, 11) is 0. The highest BCUT2D eigenvalue weighted by Crippen LogP contribution is 2.09. The molecule has 2 heterocycles. The molecule has 0 aliphatic carbocycles. The van der Waals surface area contributed by atoms with E-state index in [0.29, 0.717) is 13.1 Å². The molecule has 4 nitrogen and oxygen atoms in total. The van der Waals surface area contributed by atoms with Gasteiger partial charge in [0.2, 0.25) is 0 Å². The Bertz CT molecular complexity index is 372. The Labute approximate surface area is 111 Å². The highest BCUT2D eigenvalue weighted by atomic mass is 35.5. The van der Waals surface area contributed by atoms with Crippen LogP contribution in [-0.4, -0.2) is 42.0 Å². The van der Waals surface area contributed by atoms with Crippen LogP contribution < -0.4 is 5.32 Å². The smallest absolute Gasteiger partial charge is 0.257 e. The summed E-state index contributed by atoms with van der Waals surface area (Å²) in [5.41, 5.74) is 0.104. The average Bonchev–Trinajstić information content (AvgIpc) is 2.30. The van der Waals surface area contributed by atoms with Gasteiger partial charge in [-0.05, 0) is 6.07 Å². The lowest BCUT2D eigenvalue weighted by Gasteiger charge is -2.27. The molecule has 17 heavy (non-hydrogen) atoms. The van der Waals surface area contributed by atoms with E-state index in [1.165, 1.54) is 12.3 Å². The summed E-state index contributed by atoms with van der Waals surface area (Å²) in [5.74, 6) is -0.808. The predicted molar refractivity (Wildman–Crippen MR) is 67.5 cm³/mol. The molecule has 0 spiro atoms. The molecule has 0 radical (unpaired) electrons. The van der Waals surface area contributed by atoms with Gasteiger partial charge in [0.15, 0.2) is 5.82 Å². The van der Waals surface area contributed by atoms with Gasteiger partial charge in [-0.3, -0.25) is 9.78 Å². The number of amides is 1. The van der Waals surface area contributed by atoms with Gasteiger partial charge in [-0.15, -0.1) is 24.8 Å². The van der Waals surface area contributed by atoms with E-state index in [0.717, 1.165) is 19.3 Å². The molecule has 0 saturated carbocycles. The number of rotatable bonds is 1. The van der Waals surface area contributed by atoms with E-state index < -0.39 is 5.82 Å². The van der Waals surface area contributed by atoms with Crippen LogP contribution in [-0.2, 0) is 0 Å². The average molecular weight is 282 g/mol. The van der Waals surface area contributed by atoms with E-state index in [-0.39, 0.29) is 36.3 Å². The van der Waals surface area contributed by atoms with Crippen molar-refractivity contribution in [1.29, 1.82) is 0 Å². The van der Waals surface area contributed by atoms with E-state index in [1.807, 2.05) is 0 Å². The molecule has 0 atom stereocenters. The summed E-state index contributed by atoms with van der Waals surface area (Å²) >= 11 is 0. The number of carbonyl (C=O) groups is 1. The van der Waals surface area contributed by atoms with E-state index in [1.54, 1.807) is 4.90 Å². The fraction of sp³-hybridized carbons (Fsp3) is 0.400. The number of nitrogens with zero attached hydrogens (tertiary/aromatic N) is 2. The Morgan fingerprint density at radius 2 is 2.00 bits per heavy atom. The summed E-state index contributed by atoms with van der Waals surface area (Å²) < 4.78 is 13.3. The zero-order valence-electron chi connectivity index (χ0n) is 9.06. The Balaban J connectivity index is 0.00000128. The first-order valence-corrected chi connectivity index (χ1v) is 4.88. The molecule has 1 aromatic rings. The Morgan fingerprint density at radius 3 is 2.59 bits per heavy atom. The third-order valence-corrected chi connectivity index (χ3v) is 2.41. The van der Waals surface area contributed by atoms with Crippen LogP contribution in [0.15, 0.2) is 18.5 Å². The third kappa shape index (κ3) is 3.80. The molecule has 0 aromatic carbocycles. The number of pyridine rings is 1. The first kappa shape index (κ1) is 16.1. The molecule has 1 aliphatic heterocycles. The molecular formula is C10H14Cl2FN3O. The Kier molecular flexibility index (Phi) is 7.03. The lowest BCUT2D eigenvalue weighted by atomic mass is 10.2. The van der Waals surface area contributed by atoms with E-state index in [2.05, 4.69) is 10.3 Å². The number of hydrogen-bond acceptors (Lipinski definition) is 3. The third-order valence-electron chi connectivity index (χ3n) is 2.41. The fourth-order valence-corrected chi connectivity index (χ4v) is 1.59. The van der Waals surface area contributed by atoms with Crippen LogP contribution in [0.2, 0.25) is 0 Å². The number of nitrogens with one attached hydrogen (secondary N) is 1. The molecule has 2 rings (SSSR count). The first-order chi connectivity index (χ1) is 7.29. The molecule has 96 valence electrons. The minimum atomic E-state index is -0.555. The quantitative estimate of drug-likeness (QED) is 0.839. The molecular weight excluding hydrogens is 268 g/mol. The molecule has 1 fully saturated rings. The van der Waals surface area contributed by atoms with Crippen LogP contribution in [0.5, 0.6) is 0 Å². The number of halogens is 3. The second-order valence-corrected chi connectivity index (χ2v) is 3.40. The van der Waals surface area contributed by atoms with Crippen molar-refractivity contribution < 1.29 is 9.18 Å². The Hall–Kier alpha value is -0.910. The SMILES string of the molecule is Cl.Cl.O=C(c1ccncc1F)N1CCNCC1. The van der Waals surface area contributed by atoms with Crippen LogP contribution >= 0.6 is 24.8 Å². The number of carbonyl (C=O) groups excluding carboxylic acids is 1. The normalized spacial score (nSPS) is 14.5. The number of hydrogen-bond donors (Lipinski definition) is 1. The summed E-state index contributed by atoms with van der Waals surface area (Å²) in [4.78, 5) is 17.1. The van der Waals surface area contributed by atoms with Crippen molar-refractivity contribution in [2.75, 3.05) is 26.2 Å². The van der Waals surface area contributed by atoms with Crippen LogP contribution in [0.3, 0.4) is 0 Å². The van der Waals surface area contributed by atoms with Gasteiger partial charge in [-0.1, -0.05) is 0 Å². The maximum atomic E-state index is 13.3. The first-order valence-electron chi connectivity index (χ1n) is 4.88. The van der Waals surface area contributed by atoms with Crippen molar-refractivity contribution in [1.82, 2.24) is 15.2 Å². The van der Waals surface area contributed by atoms with Gasteiger partial charge >= 0.3 is 0 Å². The lowest BCUT2D eigenvalue weighted by Crippen LogP contribution is -2.46. The van der Waals surface area contributed by atoms with E-state index >= 15 is 0 Å². The second-order valence-electron chi connectivity index (χ2n) is 3.40. The van der Waals surface area contributed by atoms with Gasteiger partial charge in [-0.2, -0.15) is 0 Å². The highest BCUT2D eigenvalue weighted by molar-refractivity contribution is 5.94. The summed E-state index contributed by atoms with van der Waals surface area (Å²) in [6.45, 7) is 2.78. The Morgan fingerprint density at radius 1 is 1.35 bits per heavy atom. The fourth-order valence-electron chi connectivity index (χ4n) is 1.59. The zero-order chi connectivity index (χ0) is 10.7. The molecule has 0 bridgehead atoms. The molecule has 1 amide bonds. The maximum absolute atomic E-state index is 13.3. The van der Waals surface area contributed by atoms with E-state index in [4.69, 9.17) is 0 Å². The van der Waals surface area contributed by atoms with Crippen LogP contribution in [0.4, 0.5) is 4.39 Å². The van der Waals surface area contributed by atoms with Crippen LogP contribution in [0.25, 0.3) is 0 Å². The van der Waals surface area contributed by atoms with Crippen LogP contribution in [0.1, 0.15) is 10.4 Å². The summed E-state index contributed by atoms with van der Waals surface area (Å²) in [6, 6.07) is 1.42. The van der Waals surface area contributed by atoms with Gasteiger partial charge in [-0.25, -0.2) is 4.39 Å². The van der Waals surface area contributed by atoms with Crippen molar-refractivity contribution in [2.24, 2.45) is 0 Å². The van der Waals surface area contributed by atoms with E-state index in [9.17, 15) is 9.18 Å². The van der Waals surface area contributed by atoms with Gasteiger partial charge < -0.3 is 10.2 Å². The highest BCUT2D eigenvalue weighted by Gasteiger charge is 2.20. The zero-order valence-corrected chi connectivity index (χ0v) is 10.7. The topological polar surface area (TPSA) is 45.2 Å². The van der Waals surface area contributed by atoms with Gasteiger partial charge in [0, 0.05) is 32.4 Å². The number of aromatic nitrogens is 1. The minimum absolute atomic E-state index is 0. The largest absolute Gasteiger partial charge is 0.336 e. The molecule has 1 aliphatic rings. The molecule has 7 heteroatoms. The monoisotopic (exact) mass is 281 g/mol. The lowest BCUT2D eigenvalue weighted by molar-refractivity contribution is 0.0731. The standard InChI is InChI=1S/C10H12FN3O.2ClH/c11-9-7-13-2-1-8(9)10(15)14-5-3-12-4-6-14;;/h1-2,7,12H,3-6H2;2*1H. The van der Waals surface area contributed by atoms with Gasteiger partial charge in [0.25, 0.3) is 5.91 Å². The van der Waals surface area contributed by atoms with Crippen molar-refractivity contribution in [3.05, 3.63) is 29.8 Å². The summed E-state index contributed by atoms with van der Waals surface area (Å²) in [6.07, 6.45) is 2.49. The van der Waals surface area contributed by atoms with Gasteiger partial charge in [0.05, 0.1) is 11.8 Å². The minimum Gasteiger partial charge on any atom is -0.336 e. The number of piperazine rings is 1. The van der Waals surface area contributed by atoms with Crippen molar-refractivity contribution in [3.63, 3.8) is 0 Å². The van der Waals surface area contributed by atoms with Crippen molar-refractivity contribution in [2.45, 2.75) is 0 Å². The van der Waals surface area contributed by atoms with Gasteiger partial charge in [0.1, 0.15) is 0 Å². The summed E-state index contributed by atoms with van der Waals surface area (Å²) in [5, 5.41) is 3.14. The van der Waals surface area contributed by atoms with Crippen molar-refractivity contribution in [3.8, 4) is 0 Å². The van der Waals surface area contributed by atoms with Crippen molar-refractivity contribution >= 4 is 30.7 Å². The molecule has 1 N–H and O–H groups in total. The molecule has 1 saturated heterocycles. The molecule has 0 unspecified atom stereocenters. The maximum Gasteiger partial charge on any atom is 0.257 e. The van der Waals surface area contributed by atoms with Crippen LogP contribution in [0, 0.1) is 5.82 Å². The predicted octanol–water partition coefficient (Wildman–Crippen LogP) is 1.11.